The molecule has 0 bridgehead atoms. The van der Waals surface area contributed by atoms with Crippen LogP contribution >= 0.6 is 38.5 Å². The van der Waals surface area contributed by atoms with E-state index in [-0.39, 0.29) is 0 Å². The monoisotopic (exact) mass is 405 g/mol. The van der Waals surface area contributed by atoms with Crippen molar-refractivity contribution in [1.82, 2.24) is 0 Å². The summed E-state index contributed by atoms with van der Waals surface area (Å²) in [7, 11) is 0. The zero-order valence-electron chi connectivity index (χ0n) is 9.76. The molecule has 0 heterocycles. The summed E-state index contributed by atoms with van der Waals surface area (Å²) in [6, 6.07) is 6.93. The summed E-state index contributed by atoms with van der Waals surface area (Å²) in [5.74, 6) is 0. The average Bonchev–Trinajstić information content (AvgIpc) is 2.27. The molecule has 0 aromatic heterocycles. The molecule has 1 N–H and O–H groups in total. The van der Waals surface area contributed by atoms with Crippen LogP contribution in [0, 0.1) is 3.57 Å². The van der Waals surface area contributed by atoms with E-state index in [9.17, 15) is 0 Å². The number of hydrogen-bond donors (Lipinski definition) is 1. The van der Waals surface area contributed by atoms with Gasteiger partial charge in [-0.3, -0.25) is 0 Å². The number of halogens is 2. The Hall–Kier alpha value is -0.0300. The molecule has 1 aromatic carbocycles. The van der Waals surface area contributed by atoms with Gasteiger partial charge in [0.25, 0.3) is 0 Å². The molecule has 0 spiro atoms. The topological polar surface area (TPSA) is 12.0 Å². The molecule has 92 valence electrons. The molecular weight excluding hydrogens is 389 g/mol. The summed E-state index contributed by atoms with van der Waals surface area (Å²) in [6.07, 6.45) is 11.2. The van der Waals surface area contributed by atoms with Crippen molar-refractivity contribution in [3.8, 4) is 0 Å². The molecular formula is C14H17BrIN. The standard InChI is InChI=1S/C14H17BrIN/c15-13-9-8-12(10-14(13)16)17-11-6-4-2-1-3-5-7-11/h4,6,8-11,17H,1-3,5,7H2/b6-4+. The predicted octanol–water partition coefficient (Wildman–Crippen LogP) is 5.35. The lowest BCUT2D eigenvalue weighted by atomic mass is 10.0. The first kappa shape index (κ1) is 13.4. The summed E-state index contributed by atoms with van der Waals surface area (Å²) in [4.78, 5) is 0. The maximum Gasteiger partial charge on any atom is 0.0444 e. The lowest BCUT2D eigenvalue weighted by molar-refractivity contribution is 0.610. The number of anilines is 1. The molecule has 1 aromatic rings. The van der Waals surface area contributed by atoms with Crippen molar-refractivity contribution >= 4 is 44.2 Å². The molecule has 17 heavy (non-hydrogen) atoms. The molecule has 1 aliphatic rings. The summed E-state index contributed by atoms with van der Waals surface area (Å²) in [5, 5.41) is 3.60. The Morgan fingerprint density at radius 1 is 1.24 bits per heavy atom. The minimum Gasteiger partial charge on any atom is -0.379 e. The van der Waals surface area contributed by atoms with Crippen molar-refractivity contribution in [1.29, 1.82) is 0 Å². The lowest BCUT2D eigenvalue weighted by Gasteiger charge is -2.18. The van der Waals surface area contributed by atoms with Gasteiger partial charge in [-0.25, -0.2) is 0 Å². The van der Waals surface area contributed by atoms with Crippen LogP contribution in [0.4, 0.5) is 5.69 Å². The normalized spacial score (nSPS) is 22.6. The second kappa shape index (κ2) is 6.78. The van der Waals surface area contributed by atoms with E-state index in [0.717, 1.165) is 4.47 Å². The van der Waals surface area contributed by atoms with Crippen molar-refractivity contribution in [2.45, 2.75) is 38.1 Å². The van der Waals surface area contributed by atoms with E-state index in [2.05, 4.69) is 74.2 Å². The highest BCUT2D eigenvalue weighted by Crippen LogP contribution is 2.24. The summed E-state index contributed by atoms with van der Waals surface area (Å²) < 4.78 is 2.42. The van der Waals surface area contributed by atoms with Gasteiger partial charge in [-0.1, -0.05) is 25.0 Å². The highest BCUT2D eigenvalue weighted by atomic mass is 127. The van der Waals surface area contributed by atoms with E-state index in [1.54, 1.807) is 0 Å². The SMILES string of the molecule is Brc1ccc(NC2/C=C/CCCCC2)cc1I. The van der Waals surface area contributed by atoms with Crippen molar-refractivity contribution in [3.05, 3.63) is 38.4 Å². The van der Waals surface area contributed by atoms with Crippen LogP contribution in [0.25, 0.3) is 0 Å². The minimum absolute atomic E-state index is 0.493. The largest absolute Gasteiger partial charge is 0.379 e. The number of allylic oxidation sites excluding steroid dienone is 1. The van der Waals surface area contributed by atoms with Gasteiger partial charge in [-0.15, -0.1) is 0 Å². The third-order valence-corrected chi connectivity index (χ3v) is 5.35. The average molecular weight is 406 g/mol. The zero-order chi connectivity index (χ0) is 12.1. The molecule has 1 nitrogen and oxygen atoms in total. The molecule has 1 unspecified atom stereocenters. The van der Waals surface area contributed by atoms with E-state index in [1.165, 1.54) is 41.4 Å². The Morgan fingerprint density at radius 2 is 2.12 bits per heavy atom. The fourth-order valence-electron chi connectivity index (χ4n) is 2.08. The minimum atomic E-state index is 0.493. The fourth-order valence-corrected chi connectivity index (χ4v) is 2.84. The smallest absolute Gasteiger partial charge is 0.0444 e. The first-order valence-electron chi connectivity index (χ1n) is 6.14. The van der Waals surface area contributed by atoms with Crippen molar-refractivity contribution in [3.63, 3.8) is 0 Å². The van der Waals surface area contributed by atoms with Crippen molar-refractivity contribution < 1.29 is 0 Å². The van der Waals surface area contributed by atoms with Gasteiger partial charge in [0.15, 0.2) is 0 Å². The van der Waals surface area contributed by atoms with Crippen LogP contribution in [0.3, 0.4) is 0 Å². The first-order valence-corrected chi connectivity index (χ1v) is 8.01. The van der Waals surface area contributed by atoms with Gasteiger partial charge in [0.05, 0.1) is 0 Å². The fraction of sp³-hybridized carbons (Fsp3) is 0.429. The van der Waals surface area contributed by atoms with Crippen molar-refractivity contribution in [2.24, 2.45) is 0 Å². The van der Waals surface area contributed by atoms with E-state index < -0.39 is 0 Å². The van der Waals surface area contributed by atoms with E-state index in [4.69, 9.17) is 0 Å². The maximum absolute atomic E-state index is 3.60. The summed E-state index contributed by atoms with van der Waals surface area (Å²) in [5.41, 5.74) is 1.22. The highest BCUT2D eigenvalue weighted by Gasteiger charge is 2.07. The molecule has 0 amide bonds. The lowest BCUT2D eigenvalue weighted by Crippen LogP contribution is -2.17. The van der Waals surface area contributed by atoms with E-state index in [1.807, 2.05) is 0 Å². The van der Waals surface area contributed by atoms with Crippen LogP contribution in [-0.4, -0.2) is 6.04 Å². The van der Waals surface area contributed by atoms with Crippen LogP contribution < -0.4 is 5.32 Å². The van der Waals surface area contributed by atoms with E-state index >= 15 is 0 Å². The van der Waals surface area contributed by atoms with Crippen LogP contribution in [0.2, 0.25) is 0 Å². The second-order valence-electron chi connectivity index (χ2n) is 4.45. The number of benzene rings is 1. The quantitative estimate of drug-likeness (QED) is 0.516. The molecule has 0 saturated carbocycles. The first-order chi connectivity index (χ1) is 8.25. The second-order valence-corrected chi connectivity index (χ2v) is 6.46. The third-order valence-electron chi connectivity index (χ3n) is 3.03. The highest BCUT2D eigenvalue weighted by molar-refractivity contribution is 14.1. The Balaban J connectivity index is 2.03. The molecule has 3 heteroatoms. The van der Waals surface area contributed by atoms with Gasteiger partial charge in [0.1, 0.15) is 0 Å². The molecule has 1 aliphatic carbocycles. The van der Waals surface area contributed by atoms with Crippen LogP contribution in [0.1, 0.15) is 32.1 Å². The van der Waals surface area contributed by atoms with Gasteiger partial charge in [0.2, 0.25) is 0 Å². The zero-order valence-corrected chi connectivity index (χ0v) is 13.5. The van der Waals surface area contributed by atoms with Gasteiger partial charge >= 0.3 is 0 Å². The Labute approximate surface area is 125 Å². The van der Waals surface area contributed by atoms with Crippen LogP contribution in [-0.2, 0) is 0 Å². The molecule has 0 aliphatic heterocycles. The molecule has 0 radical (unpaired) electrons. The number of rotatable bonds is 2. The predicted molar refractivity (Wildman–Crippen MR) is 86.5 cm³/mol. The van der Waals surface area contributed by atoms with E-state index in [0.29, 0.717) is 6.04 Å². The Morgan fingerprint density at radius 3 is 2.94 bits per heavy atom. The summed E-state index contributed by atoms with van der Waals surface area (Å²) >= 11 is 5.88. The molecule has 2 rings (SSSR count). The number of nitrogens with one attached hydrogen (secondary N) is 1. The van der Waals surface area contributed by atoms with Gasteiger partial charge in [0, 0.05) is 19.8 Å². The van der Waals surface area contributed by atoms with Gasteiger partial charge in [-0.05, 0) is 76.0 Å². The molecule has 0 saturated heterocycles. The van der Waals surface area contributed by atoms with Crippen LogP contribution in [0.5, 0.6) is 0 Å². The van der Waals surface area contributed by atoms with Crippen molar-refractivity contribution in [2.75, 3.05) is 5.32 Å². The Bertz CT molecular complexity index is 403. The van der Waals surface area contributed by atoms with Crippen LogP contribution in [0.15, 0.2) is 34.8 Å². The number of hydrogen-bond acceptors (Lipinski definition) is 1. The maximum atomic E-state index is 3.60. The summed E-state index contributed by atoms with van der Waals surface area (Å²) in [6.45, 7) is 0. The molecule has 1 atom stereocenters. The third kappa shape index (κ3) is 4.28. The van der Waals surface area contributed by atoms with Gasteiger partial charge < -0.3 is 5.32 Å². The Kier molecular flexibility index (Phi) is 5.35. The molecule has 0 fully saturated rings. The van der Waals surface area contributed by atoms with Gasteiger partial charge in [-0.2, -0.15) is 0 Å².